The minimum atomic E-state index is -4.62. The second kappa shape index (κ2) is 20.5. The highest BCUT2D eigenvalue weighted by Gasteiger charge is 2.50. The maximum absolute atomic E-state index is 14.1. The lowest BCUT2D eigenvalue weighted by atomic mass is 9.59. The number of hydrogen-bond donors (Lipinski definition) is 4. The molecular formula is C57H64F2N8O9S. The minimum absolute atomic E-state index is 0.0395. The van der Waals surface area contributed by atoms with E-state index in [1.54, 1.807) is 49.5 Å². The molecule has 2 aromatic heterocycles. The normalized spacial score (nSPS) is 22.5. The molecule has 2 aliphatic carbocycles. The third-order valence-corrected chi connectivity index (χ3v) is 18.0. The summed E-state index contributed by atoms with van der Waals surface area (Å²) in [4.78, 5) is 40.1. The zero-order chi connectivity index (χ0) is 53.9. The molecule has 4 fully saturated rings. The summed E-state index contributed by atoms with van der Waals surface area (Å²) in [5.41, 5.74) is 4.04. The number of nitrogens with one attached hydrogen (secondary N) is 3. The van der Waals surface area contributed by atoms with Gasteiger partial charge in [0, 0.05) is 87.3 Å². The number of aromatic amines is 1. The highest BCUT2D eigenvalue weighted by Crippen LogP contribution is 2.54. The number of halogens is 2. The van der Waals surface area contributed by atoms with Crippen LogP contribution >= 0.6 is 0 Å². The van der Waals surface area contributed by atoms with Crippen molar-refractivity contribution >= 4 is 44.0 Å². The van der Waals surface area contributed by atoms with E-state index in [1.165, 1.54) is 29.5 Å². The minimum Gasteiger partial charge on any atom is -0.455 e. The summed E-state index contributed by atoms with van der Waals surface area (Å²) in [7, 11) is -4.62. The first-order valence-corrected chi connectivity index (χ1v) is 28.0. The fourth-order valence-corrected chi connectivity index (χ4v) is 13.3. The van der Waals surface area contributed by atoms with Crippen molar-refractivity contribution in [2.75, 3.05) is 49.5 Å². The number of rotatable bonds is 15. The van der Waals surface area contributed by atoms with Gasteiger partial charge in [-0.05, 0) is 141 Å². The predicted octanol–water partition coefficient (Wildman–Crippen LogP) is 10.5. The largest absolute Gasteiger partial charge is 0.586 e. The van der Waals surface area contributed by atoms with Crippen LogP contribution in [0.15, 0.2) is 108 Å². The second-order valence-electron chi connectivity index (χ2n) is 22.3. The molecule has 2 saturated heterocycles. The standard InChI is InChI=1S/C57H64F2N8O9S/c1-36(2)44-6-4-5-7-45(44)49-35-64(34-38-8-13-50-52(26-38)76-57(58,59)75-50)24-25-66(49)41-30-56(31-41)19-22-65(23-20-56)40-9-11-46(51(28-40)74-42-27-39-16-21-60-53(39)62-33-42)54(68)63-77(72,73)43-10-12-47(48(29-43)67(70)71)61-32-37-14-17-55(3,69)18-15-37/h4-13,16,21,26-29,33,36-37,41,49,61,69H,14-15,17-20,22-25,30-32,34-35H2,1-3H3,(H,60,62)(H,63,68). The van der Waals surface area contributed by atoms with Crippen molar-refractivity contribution in [2.24, 2.45) is 11.3 Å². The van der Waals surface area contributed by atoms with Crippen LogP contribution in [-0.4, -0.2) is 101 Å². The van der Waals surface area contributed by atoms with Crippen molar-refractivity contribution in [3.63, 3.8) is 0 Å². The van der Waals surface area contributed by atoms with Gasteiger partial charge in [0.2, 0.25) is 0 Å². The number of carbonyl (C=O) groups excluding carboxylic acids is 1. The average molecular weight is 1080 g/mol. The number of aromatic nitrogens is 2. The average Bonchev–Trinajstić information content (AvgIpc) is 3.99. The molecule has 5 aliphatic rings. The van der Waals surface area contributed by atoms with Gasteiger partial charge in [0.25, 0.3) is 21.6 Å². The summed E-state index contributed by atoms with van der Waals surface area (Å²) in [6.07, 6.45) is 6.36. The Morgan fingerprint density at radius 3 is 2.48 bits per heavy atom. The Morgan fingerprint density at radius 1 is 0.948 bits per heavy atom. The van der Waals surface area contributed by atoms with Crippen LogP contribution in [0.4, 0.5) is 25.8 Å². The number of aliphatic hydroxyl groups is 1. The number of piperidine rings is 1. The Hall–Kier alpha value is -6.87. The Labute approximate surface area is 446 Å². The van der Waals surface area contributed by atoms with Crippen LogP contribution in [0.25, 0.3) is 11.0 Å². The number of pyridine rings is 1. The third kappa shape index (κ3) is 11.2. The van der Waals surface area contributed by atoms with Crippen molar-refractivity contribution in [2.45, 2.75) is 113 Å². The molecule has 77 heavy (non-hydrogen) atoms. The molecule has 0 bridgehead atoms. The van der Waals surface area contributed by atoms with Gasteiger partial charge >= 0.3 is 6.29 Å². The van der Waals surface area contributed by atoms with Crippen LogP contribution in [0.1, 0.15) is 111 Å². The van der Waals surface area contributed by atoms with Gasteiger partial charge in [-0.1, -0.05) is 44.2 Å². The van der Waals surface area contributed by atoms with Crippen molar-refractivity contribution in [1.82, 2.24) is 24.5 Å². The fourth-order valence-electron chi connectivity index (χ4n) is 12.3. The number of carbonyl (C=O) groups is 1. The number of alkyl halides is 2. The van der Waals surface area contributed by atoms with Gasteiger partial charge in [0.05, 0.1) is 27.2 Å². The number of anilines is 2. The summed E-state index contributed by atoms with van der Waals surface area (Å²) in [5, 5.41) is 26.5. The van der Waals surface area contributed by atoms with Crippen molar-refractivity contribution < 1.29 is 46.2 Å². The number of benzene rings is 4. The Kier molecular flexibility index (Phi) is 13.9. The zero-order valence-electron chi connectivity index (χ0n) is 43.3. The molecule has 5 heterocycles. The number of hydrogen-bond acceptors (Lipinski definition) is 14. The molecule has 1 atom stereocenters. The quantitative estimate of drug-likeness (QED) is 0.0558. The molecule has 20 heteroatoms. The summed E-state index contributed by atoms with van der Waals surface area (Å²) < 4.78 is 73.4. The SMILES string of the molecule is CC(C)c1ccccc1C1CN(Cc2ccc3c(c2)OC(F)(F)O3)CCN1C1CC2(CCN(c3ccc(C(=O)NS(=O)(=O)c4ccc(NCC5CCC(C)(O)CC5)c([N+](=O)[O-])c4)c(Oc4cnc5[nH]ccc5c4)c3)CC2)C1. The maximum Gasteiger partial charge on any atom is 0.586 e. The van der Waals surface area contributed by atoms with Gasteiger partial charge in [-0.2, -0.15) is 0 Å². The van der Waals surface area contributed by atoms with E-state index in [0.717, 1.165) is 94.0 Å². The van der Waals surface area contributed by atoms with E-state index in [1.807, 2.05) is 12.1 Å². The number of H-pyrrole nitrogens is 1. The first-order chi connectivity index (χ1) is 36.8. The number of ether oxygens (including phenoxy) is 3. The molecule has 406 valence electrons. The van der Waals surface area contributed by atoms with Crippen molar-refractivity contribution in [3.8, 4) is 23.0 Å². The summed E-state index contributed by atoms with van der Waals surface area (Å²) >= 11 is 0. The first-order valence-electron chi connectivity index (χ1n) is 26.6. The molecule has 1 spiro atoms. The van der Waals surface area contributed by atoms with E-state index >= 15 is 0 Å². The van der Waals surface area contributed by atoms with Gasteiger partial charge in [-0.3, -0.25) is 24.7 Å². The van der Waals surface area contributed by atoms with Crippen molar-refractivity contribution in [1.29, 1.82) is 0 Å². The van der Waals surface area contributed by atoms with Crippen LogP contribution in [0.3, 0.4) is 0 Å². The monoisotopic (exact) mass is 1070 g/mol. The number of nitro benzene ring substituents is 1. The first kappa shape index (κ1) is 52.2. The Morgan fingerprint density at radius 2 is 1.71 bits per heavy atom. The van der Waals surface area contributed by atoms with Crippen LogP contribution in [0.5, 0.6) is 23.0 Å². The van der Waals surface area contributed by atoms with Gasteiger partial charge < -0.3 is 34.5 Å². The van der Waals surface area contributed by atoms with Gasteiger partial charge in [0.15, 0.2) is 11.5 Å². The number of nitrogens with zero attached hydrogens (tertiary/aromatic N) is 5. The zero-order valence-corrected chi connectivity index (χ0v) is 44.2. The summed E-state index contributed by atoms with van der Waals surface area (Å²) in [6, 6.07) is 26.5. The topological polar surface area (TPSA) is 205 Å². The number of amides is 1. The predicted molar refractivity (Wildman–Crippen MR) is 286 cm³/mol. The van der Waals surface area contributed by atoms with Crippen LogP contribution in [-0.2, 0) is 16.6 Å². The Balaban J connectivity index is 0.775. The third-order valence-electron chi connectivity index (χ3n) is 16.6. The molecular weight excluding hydrogens is 1010 g/mol. The Bertz CT molecular complexity index is 3310. The van der Waals surface area contributed by atoms with E-state index in [-0.39, 0.29) is 45.9 Å². The molecule has 2 saturated carbocycles. The van der Waals surface area contributed by atoms with E-state index < -0.39 is 43.3 Å². The van der Waals surface area contributed by atoms with E-state index in [2.05, 4.69) is 77.6 Å². The van der Waals surface area contributed by atoms with Crippen LogP contribution < -0.4 is 29.1 Å². The van der Waals surface area contributed by atoms with Crippen LogP contribution in [0.2, 0.25) is 0 Å². The smallest absolute Gasteiger partial charge is 0.455 e. The van der Waals surface area contributed by atoms with E-state index in [4.69, 9.17) is 9.47 Å². The van der Waals surface area contributed by atoms with Gasteiger partial charge in [-0.25, -0.2) is 18.1 Å². The number of fused-ring (bicyclic) bond motifs is 2. The summed E-state index contributed by atoms with van der Waals surface area (Å²) in [5.74, 6) is 0.0650. The van der Waals surface area contributed by atoms with Gasteiger partial charge in [0.1, 0.15) is 22.8 Å². The second-order valence-corrected chi connectivity index (χ2v) is 24.0. The molecule has 6 aromatic rings. The maximum atomic E-state index is 14.1. The molecule has 1 unspecified atom stereocenters. The lowest BCUT2D eigenvalue weighted by Crippen LogP contribution is -2.60. The van der Waals surface area contributed by atoms with Crippen molar-refractivity contribution in [3.05, 3.63) is 136 Å². The number of nitro groups is 1. The fraction of sp³-hybridized carbons (Fsp3) is 0.439. The highest BCUT2D eigenvalue weighted by molar-refractivity contribution is 7.90. The lowest BCUT2D eigenvalue weighted by Gasteiger charge is -2.58. The lowest BCUT2D eigenvalue weighted by molar-refractivity contribution is -0.384. The molecule has 17 nitrogen and oxygen atoms in total. The van der Waals surface area contributed by atoms with Crippen LogP contribution in [0, 0.1) is 21.4 Å². The molecule has 3 aliphatic heterocycles. The molecule has 11 rings (SSSR count). The molecule has 1 amide bonds. The van der Waals surface area contributed by atoms with E-state index in [0.29, 0.717) is 49.3 Å². The highest BCUT2D eigenvalue weighted by atomic mass is 32.2. The summed E-state index contributed by atoms with van der Waals surface area (Å²) in [6.45, 7) is 11.2. The number of piperazine rings is 1. The molecule has 0 radical (unpaired) electrons. The molecule has 4 N–H and O–H groups in total. The van der Waals surface area contributed by atoms with E-state index in [9.17, 15) is 37.2 Å². The van der Waals surface area contributed by atoms with Gasteiger partial charge in [-0.15, -0.1) is 8.78 Å². The molecule has 4 aromatic carbocycles. The number of sulfonamides is 1.